The van der Waals surface area contributed by atoms with Gasteiger partial charge in [-0.1, -0.05) is 6.92 Å². The smallest absolute Gasteiger partial charge is 0.161 e. The Morgan fingerprint density at radius 3 is 2.56 bits per heavy atom. The molecule has 6 heteroatoms. The van der Waals surface area contributed by atoms with Crippen LogP contribution in [0, 0.1) is 6.92 Å². The van der Waals surface area contributed by atoms with Gasteiger partial charge in [0.1, 0.15) is 5.82 Å². The van der Waals surface area contributed by atoms with Gasteiger partial charge in [-0.2, -0.15) is 9.61 Å². The third-order valence-electron chi connectivity index (χ3n) is 4.24. The molecule has 3 aromatic rings. The van der Waals surface area contributed by atoms with Crippen molar-refractivity contribution in [3.8, 4) is 22.8 Å². The number of aryl methyl sites for hydroxylation is 1. The van der Waals surface area contributed by atoms with Crippen LogP contribution in [0.5, 0.6) is 11.5 Å². The Hall–Kier alpha value is -2.76. The summed E-state index contributed by atoms with van der Waals surface area (Å²) in [5, 5.41) is 8.23. The molecule has 132 valence electrons. The summed E-state index contributed by atoms with van der Waals surface area (Å²) in [6.07, 6.45) is 1.03. The van der Waals surface area contributed by atoms with E-state index >= 15 is 0 Å². The number of ether oxygens (including phenoxy) is 2. The molecule has 25 heavy (non-hydrogen) atoms. The molecule has 3 rings (SSSR count). The van der Waals surface area contributed by atoms with Crippen molar-refractivity contribution >= 4 is 11.5 Å². The first kappa shape index (κ1) is 17.1. The number of hydrogen-bond acceptors (Lipinski definition) is 5. The molecule has 1 unspecified atom stereocenters. The highest BCUT2D eigenvalue weighted by atomic mass is 16.5. The predicted molar refractivity (Wildman–Crippen MR) is 99.6 cm³/mol. The van der Waals surface area contributed by atoms with Crippen LogP contribution in [-0.4, -0.2) is 34.9 Å². The van der Waals surface area contributed by atoms with Crippen molar-refractivity contribution in [3.05, 3.63) is 36.0 Å². The van der Waals surface area contributed by atoms with Gasteiger partial charge in [0.05, 0.1) is 19.9 Å². The van der Waals surface area contributed by atoms with E-state index in [1.54, 1.807) is 14.2 Å². The van der Waals surface area contributed by atoms with Gasteiger partial charge in [-0.05, 0) is 38.5 Å². The zero-order chi connectivity index (χ0) is 18.0. The van der Waals surface area contributed by atoms with Gasteiger partial charge < -0.3 is 14.8 Å². The lowest BCUT2D eigenvalue weighted by Gasteiger charge is -2.14. The standard InChI is InChI=1S/C19H24N4O2/c1-6-12(2)20-18-9-13(3)21-19-11-15(22-23(18)19)14-7-8-16(24-4)17(10-14)25-5/h7-12,20H,6H2,1-5H3. The van der Waals surface area contributed by atoms with Gasteiger partial charge in [-0.3, -0.25) is 0 Å². The van der Waals surface area contributed by atoms with E-state index in [4.69, 9.17) is 14.6 Å². The molecule has 1 atom stereocenters. The van der Waals surface area contributed by atoms with Crippen molar-refractivity contribution in [3.63, 3.8) is 0 Å². The van der Waals surface area contributed by atoms with Crippen molar-refractivity contribution in [2.45, 2.75) is 33.2 Å². The first-order valence-electron chi connectivity index (χ1n) is 8.42. The van der Waals surface area contributed by atoms with E-state index in [1.807, 2.05) is 41.8 Å². The Bertz CT molecular complexity index is 889. The number of methoxy groups -OCH3 is 2. The number of nitrogens with zero attached hydrogens (tertiary/aromatic N) is 3. The maximum absolute atomic E-state index is 5.39. The topological polar surface area (TPSA) is 60.7 Å². The Balaban J connectivity index is 2.08. The highest BCUT2D eigenvalue weighted by Crippen LogP contribution is 2.32. The van der Waals surface area contributed by atoms with E-state index in [0.717, 1.165) is 34.8 Å². The van der Waals surface area contributed by atoms with Crippen LogP contribution in [0.3, 0.4) is 0 Å². The molecule has 0 aliphatic carbocycles. The predicted octanol–water partition coefficient (Wildman–Crippen LogP) is 3.93. The van der Waals surface area contributed by atoms with Crippen molar-refractivity contribution in [1.82, 2.24) is 14.6 Å². The number of hydrogen-bond donors (Lipinski definition) is 1. The van der Waals surface area contributed by atoms with Crippen LogP contribution in [0.25, 0.3) is 16.9 Å². The molecule has 0 amide bonds. The van der Waals surface area contributed by atoms with Gasteiger partial charge in [0.25, 0.3) is 0 Å². The van der Waals surface area contributed by atoms with Gasteiger partial charge in [-0.25, -0.2) is 4.98 Å². The van der Waals surface area contributed by atoms with E-state index in [1.165, 1.54) is 0 Å². The second-order valence-corrected chi connectivity index (χ2v) is 6.11. The summed E-state index contributed by atoms with van der Waals surface area (Å²) in [6, 6.07) is 10.1. The molecule has 0 saturated carbocycles. The molecule has 0 spiro atoms. The van der Waals surface area contributed by atoms with Crippen LogP contribution < -0.4 is 14.8 Å². The van der Waals surface area contributed by atoms with Crippen LogP contribution in [0.4, 0.5) is 5.82 Å². The highest BCUT2D eigenvalue weighted by Gasteiger charge is 2.13. The van der Waals surface area contributed by atoms with Crippen molar-refractivity contribution in [2.24, 2.45) is 0 Å². The molecule has 0 radical (unpaired) electrons. The largest absolute Gasteiger partial charge is 0.493 e. The van der Waals surface area contributed by atoms with Gasteiger partial charge in [0, 0.05) is 29.4 Å². The molecule has 0 bridgehead atoms. The Morgan fingerprint density at radius 2 is 1.88 bits per heavy atom. The van der Waals surface area contributed by atoms with Gasteiger partial charge in [0.2, 0.25) is 0 Å². The molecular weight excluding hydrogens is 316 g/mol. The summed E-state index contributed by atoms with van der Waals surface area (Å²) in [7, 11) is 3.26. The summed E-state index contributed by atoms with van der Waals surface area (Å²) >= 11 is 0. The summed E-state index contributed by atoms with van der Waals surface area (Å²) < 4.78 is 12.6. The van der Waals surface area contributed by atoms with Crippen LogP contribution in [0.2, 0.25) is 0 Å². The van der Waals surface area contributed by atoms with E-state index in [-0.39, 0.29) is 0 Å². The number of fused-ring (bicyclic) bond motifs is 1. The molecule has 0 saturated heterocycles. The Morgan fingerprint density at radius 1 is 1.12 bits per heavy atom. The fourth-order valence-corrected chi connectivity index (χ4v) is 2.69. The summed E-state index contributed by atoms with van der Waals surface area (Å²) in [5.74, 6) is 2.32. The average Bonchev–Trinajstić information content (AvgIpc) is 3.04. The lowest BCUT2D eigenvalue weighted by atomic mass is 10.1. The molecule has 0 aliphatic heterocycles. The quantitative estimate of drug-likeness (QED) is 0.737. The molecule has 2 aromatic heterocycles. The molecular formula is C19H24N4O2. The second kappa shape index (κ2) is 7.01. The molecule has 2 heterocycles. The fourth-order valence-electron chi connectivity index (χ4n) is 2.69. The van der Waals surface area contributed by atoms with Gasteiger partial charge in [0.15, 0.2) is 17.1 Å². The van der Waals surface area contributed by atoms with Crippen LogP contribution in [-0.2, 0) is 0 Å². The second-order valence-electron chi connectivity index (χ2n) is 6.11. The first-order chi connectivity index (χ1) is 12.0. The maximum atomic E-state index is 5.39. The van der Waals surface area contributed by atoms with E-state index in [9.17, 15) is 0 Å². The summed E-state index contributed by atoms with van der Waals surface area (Å²) in [5.41, 5.74) is 3.56. The average molecular weight is 340 g/mol. The third kappa shape index (κ3) is 3.38. The lowest BCUT2D eigenvalue weighted by Crippen LogP contribution is -2.16. The Kier molecular flexibility index (Phi) is 4.79. The third-order valence-corrected chi connectivity index (χ3v) is 4.24. The van der Waals surface area contributed by atoms with Crippen molar-refractivity contribution in [2.75, 3.05) is 19.5 Å². The molecule has 1 N–H and O–H groups in total. The number of aromatic nitrogens is 3. The Labute approximate surface area is 147 Å². The minimum absolute atomic E-state index is 0.360. The van der Waals surface area contributed by atoms with Crippen molar-refractivity contribution < 1.29 is 9.47 Å². The number of anilines is 1. The zero-order valence-corrected chi connectivity index (χ0v) is 15.3. The summed E-state index contributed by atoms with van der Waals surface area (Å²) in [6.45, 7) is 6.30. The van der Waals surface area contributed by atoms with Crippen LogP contribution in [0.15, 0.2) is 30.3 Å². The molecule has 6 nitrogen and oxygen atoms in total. The number of benzene rings is 1. The highest BCUT2D eigenvalue weighted by molar-refractivity contribution is 5.68. The minimum atomic E-state index is 0.360. The molecule has 0 fully saturated rings. The maximum Gasteiger partial charge on any atom is 0.161 e. The number of nitrogens with one attached hydrogen (secondary N) is 1. The van der Waals surface area contributed by atoms with Crippen LogP contribution in [0.1, 0.15) is 26.0 Å². The van der Waals surface area contributed by atoms with E-state index in [0.29, 0.717) is 17.5 Å². The number of rotatable bonds is 6. The molecule has 1 aromatic carbocycles. The monoisotopic (exact) mass is 340 g/mol. The lowest BCUT2D eigenvalue weighted by molar-refractivity contribution is 0.355. The normalized spacial score (nSPS) is 12.2. The SMILES string of the molecule is CCC(C)Nc1cc(C)nc2cc(-c3ccc(OC)c(OC)c3)nn12. The summed E-state index contributed by atoms with van der Waals surface area (Å²) in [4.78, 5) is 4.60. The van der Waals surface area contributed by atoms with Crippen LogP contribution >= 0.6 is 0 Å². The first-order valence-corrected chi connectivity index (χ1v) is 8.42. The minimum Gasteiger partial charge on any atom is -0.493 e. The van der Waals surface area contributed by atoms with Gasteiger partial charge in [-0.15, -0.1) is 0 Å². The molecule has 0 aliphatic rings. The van der Waals surface area contributed by atoms with Crippen molar-refractivity contribution in [1.29, 1.82) is 0 Å². The fraction of sp³-hybridized carbons (Fsp3) is 0.368. The zero-order valence-electron chi connectivity index (χ0n) is 15.3. The van der Waals surface area contributed by atoms with Gasteiger partial charge >= 0.3 is 0 Å². The van der Waals surface area contributed by atoms with E-state index < -0.39 is 0 Å². The van der Waals surface area contributed by atoms with E-state index in [2.05, 4.69) is 24.1 Å².